The van der Waals surface area contributed by atoms with Crippen LogP contribution in [0.5, 0.6) is 5.75 Å². The van der Waals surface area contributed by atoms with E-state index in [2.05, 4.69) is 17.4 Å². The Labute approximate surface area is 158 Å². The van der Waals surface area contributed by atoms with E-state index >= 15 is 0 Å². The van der Waals surface area contributed by atoms with Crippen LogP contribution in [0, 0.1) is 0 Å². The molecule has 0 saturated carbocycles. The van der Waals surface area contributed by atoms with Crippen molar-refractivity contribution in [3.8, 4) is 16.9 Å². The third kappa shape index (κ3) is 5.11. The van der Waals surface area contributed by atoms with Crippen LogP contribution in [-0.4, -0.2) is 19.1 Å². The third-order valence-corrected chi connectivity index (χ3v) is 4.26. The SMILES string of the molecule is O=C(Cc1ccc(-c2ccccc2)cc1)NCCOc1ccccc1Cl. The van der Waals surface area contributed by atoms with Gasteiger partial charge >= 0.3 is 0 Å². The van der Waals surface area contributed by atoms with Gasteiger partial charge < -0.3 is 10.1 Å². The summed E-state index contributed by atoms with van der Waals surface area (Å²) in [6.07, 6.45) is 0.348. The van der Waals surface area contributed by atoms with Crippen molar-refractivity contribution in [3.05, 3.63) is 89.4 Å². The van der Waals surface area contributed by atoms with Crippen LogP contribution in [0.4, 0.5) is 0 Å². The molecule has 132 valence electrons. The molecule has 3 aromatic carbocycles. The molecular weight excluding hydrogens is 346 g/mol. The number of amides is 1. The summed E-state index contributed by atoms with van der Waals surface area (Å²) in [7, 11) is 0. The zero-order valence-corrected chi connectivity index (χ0v) is 15.1. The summed E-state index contributed by atoms with van der Waals surface area (Å²) in [5.74, 6) is 0.597. The molecule has 0 fully saturated rings. The van der Waals surface area contributed by atoms with E-state index in [4.69, 9.17) is 16.3 Å². The minimum atomic E-state index is -0.0276. The smallest absolute Gasteiger partial charge is 0.224 e. The molecule has 3 rings (SSSR count). The Morgan fingerprint density at radius 1 is 0.846 bits per heavy atom. The van der Waals surface area contributed by atoms with Gasteiger partial charge in [-0.25, -0.2) is 0 Å². The highest BCUT2D eigenvalue weighted by Gasteiger charge is 2.05. The Morgan fingerprint density at radius 2 is 1.50 bits per heavy atom. The minimum absolute atomic E-state index is 0.0276. The van der Waals surface area contributed by atoms with E-state index in [9.17, 15) is 4.79 Å². The molecule has 4 heteroatoms. The predicted octanol–water partition coefficient (Wildman–Crippen LogP) is 4.74. The van der Waals surface area contributed by atoms with Crippen LogP contribution >= 0.6 is 11.6 Å². The van der Waals surface area contributed by atoms with Crippen LogP contribution in [-0.2, 0) is 11.2 Å². The van der Waals surface area contributed by atoms with Gasteiger partial charge in [0.25, 0.3) is 0 Å². The average molecular weight is 366 g/mol. The molecule has 3 nitrogen and oxygen atoms in total. The molecule has 1 N–H and O–H groups in total. The van der Waals surface area contributed by atoms with Crippen molar-refractivity contribution in [2.45, 2.75) is 6.42 Å². The molecule has 0 heterocycles. The van der Waals surface area contributed by atoms with Gasteiger partial charge in [-0.1, -0.05) is 78.3 Å². The number of rotatable bonds is 7. The van der Waals surface area contributed by atoms with Gasteiger partial charge in [-0.05, 0) is 28.8 Å². The minimum Gasteiger partial charge on any atom is -0.490 e. The Morgan fingerprint density at radius 3 is 2.23 bits per heavy atom. The first-order chi connectivity index (χ1) is 12.7. The number of ether oxygens (including phenoxy) is 1. The molecule has 0 saturated heterocycles. The van der Waals surface area contributed by atoms with Gasteiger partial charge in [0.05, 0.1) is 18.0 Å². The lowest BCUT2D eigenvalue weighted by Gasteiger charge is -2.09. The number of hydrogen-bond acceptors (Lipinski definition) is 2. The first-order valence-corrected chi connectivity index (χ1v) is 8.88. The summed E-state index contributed by atoms with van der Waals surface area (Å²) in [5.41, 5.74) is 3.29. The summed E-state index contributed by atoms with van der Waals surface area (Å²) in [6, 6.07) is 25.5. The number of halogens is 1. The largest absolute Gasteiger partial charge is 0.490 e. The molecule has 0 aliphatic rings. The zero-order chi connectivity index (χ0) is 18.2. The van der Waals surface area contributed by atoms with Gasteiger partial charge in [-0.3, -0.25) is 4.79 Å². The normalized spacial score (nSPS) is 10.3. The molecular formula is C22H20ClNO2. The lowest BCUT2D eigenvalue weighted by atomic mass is 10.0. The van der Waals surface area contributed by atoms with Crippen LogP contribution in [0.15, 0.2) is 78.9 Å². The number of carbonyl (C=O) groups excluding carboxylic acids is 1. The van der Waals surface area contributed by atoms with Gasteiger partial charge in [0.2, 0.25) is 5.91 Å². The van der Waals surface area contributed by atoms with Crippen molar-refractivity contribution in [2.75, 3.05) is 13.2 Å². The third-order valence-electron chi connectivity index (χ3n) is 3.94. The Bertz CT molecular complexity index is 848. The van der Waals surface area contributed by atoms with Crippen molar-refractivity contribution in [3.63, 3.8) is 0 Å². The van der Waals surface area contributed by atoms with Gasteiger partial charge in [0, 0.05) is 0 Å². The second-order valence-corrected chi connectivity index (χ2v) is 6.28. The van der Waals surface area contributed by atoms with E-state index in [1.54, 1.807) is 12.1 Å². The van der Waals surface area contributed by atoms with Gasteiger partial charge in [-0.15, -0.1) is 0 Å². The number of benzene rings is 3. The molecule has 0 aliphatic carbocycles. The molecule has 0 aromatic heterocycles. The maximum Gasteiger partial charge on any atom is 0.224 e. The van der Waals surface area contributed by atoms with Crippen LogP contribution in [0.3, 0.4) is 0 Å². The van der Waals surface area contributed by atoms with Gasteiger partial charge in [0.1, 0.15) is 12.4 Å². The number of nitrogens with one attached hydrogen (secondary N) is 1. The average Bonchev–Trinajstić information content (AvgIpc) is 2.68. The van der Waals surface area contributed by atoms with E-state index in [-0.39, 0.29) is 5.91 Å². The van der Waals surface area contributed by atoms with Crippen LogP contribution in [0.25, 0.3) is 11.1 Å². The topological polar surface area (TPSA) is 38.3 Å². The molecule has 26 heavy (non-hydrogen) atoms. The fourth-order valence-corrected chi connectivity index (χ4v) is 2.80. The fourth-order valence-electron chi connectivity index (χ4n) is 2.61. The van der Waals surface area contributed by atoms with E-state index < -0.39 is 0 Å². The molecule has 0 bridgehead atoms. The highest BCUT2D eigenvalue weighted by molar-refractivity contribution is 6.32. The maximum absolute atomic E-state index is 12.1. The second-order valence-electron chi connectivity index (χ2n) is 5.87. The summed E-state index contributed by atoms with van der Waals surface area (Å²) in [6.45, 7) is 0.814. The fraction of sp³-hybridized carbons (Fsp3) is 0.136. The number of para-hydroxylation sites is 1. The van der Waals surface area contributed by atoms with Gasteiger partial charge in [0.15, 0.2) is 0 Å². The molecule has 3 aromatic rings. The zero-order valence-electron chi connectivity index (χ0n) is 14.3. The predicted molar refractivity (Wildman–Crippen MR) is 106 cm³/mol. The van der Waals surface area contributed by atoms with Crippen molar-refractivity contribution in [1.82, 2.24) is 5.32 Å². The van der Waals surface area contributed by atoms with Crippen molar-refractivity contribution in [2.24, 2.45) is 0 Å². The van der Waals surface area contributed by atoms with E-state index in [0.29, 0.717) is 30.3 Å². The van der Waals surface area contributed by atoms with Gasteiger partial charge in [-0.2, -0.15) is 0 Å². The van der Waals surface area contributed by atoms with E-state index in [1.807, 2.05) is 54.6 Å². The van der Waals surface area contributed by atoms with Crippen molar-refractivity contribution < 1.29 is 9.53 Å². The van der Waals surface area contributed by atoms with Crippen LogP contribution in [0.1, 0.15) is 5.56 Å². The standard InChI is InChI=1S/C22H20ClNO2/c23-20-8-4-5-9-21(20)26-15-14-24-22(25)16-17-10-12-19(13-11-17)18-6-2-1-3-7-18/h1-13H,14-16H2,(H,24,25). The van der Waals surface area contributed by atoms with E-state index in [1.165, 1.54) is 5.56 Å². The summed E-state index contributed by atoms with van der Waals surface area (Å²) in [4.78, 5) is 12.1. The quantitative estimate of drug-likeness (QED) is 0.614. The van der Waals surface area contributed by atoms with E-state index in [0.717, 1.165) is 11.1 Å². The Hall–Kier alpha value is -2.78. The van der Waals surface area contributed by atoms with Crippen LogP contribution in [0.2, 0.25) is 5.02 Å². The molecule has 0 spiro atoms. The number of carbonyl (C=O) groups is 1. The molecule has 0 unspecified atom stereocenters. The Balaban J connectivity index is 1.44. The number of hydrogen-bond donors (Lipinski definition) is 1. The Kier molecular flexibility index (Phi) is 6.29. The summed E-state index contributed by atoms with van der Waals surface area (Å²) >= 11 is 6.02. The summed E-state index contributed by atoms with van der Waals surface area (Å²) in [5, 5.41) is 3.43. The van der Waals surface area contributed by atoms with Crippen molar-refractivity contribution >= 4 is 17.5 Å². The highest BCUT2D eigenvalue weighted by atomic mass is 35.5. The lowest BCUT2D eigenvalue weighted by Crippen LogP contribution is -2.29. The monoisotopic (exact) mass is 365 g/mol. The van der Waals surface area contributed by atoms with Crippen LogP contribution < -0.4 is 10.1 Å². The molecule has 0 atom stereocenters. The second kappa shape index (κ2) is 9.07. The molecule has 1 amide bonds. The first-order valence-electron chi connectivity index (χ1n) is 8.51. The first kappa shape index (κ1) is 18.0. The molecule has 0 aliphatic heterocycles. The maximum atomic E-state index is 12.1. The van der Waals surface area contributed by atoms with Crippen molar-refractivity contribution in [1.29, 1.82) is 0 Å². The molecule has 0 radical (unpaired) electrons. The summed E-state index contributed by atoms with van der Waals surface area (Å²) < 4.78 is 5.56. The lowest BCUT2D eigenvalue weighted by molar-refractivity contribution is -0.120. The highest BCUT2D eigenvalue weighted by Crippen LogP contribution is 2.22.